The maximum Gasteiger partial charge on any atom is 0.124 e. The van der Waals surface area contributed by atoms with Gasteiger partial charge in [0.1, 0.15) is 5.01 Å². The van der Waals surface area contributed by atoms with Gasteiger partial charge in [-0.05, 0) is 18.9 Å². The molecule has 0 spiro atoms. The van der Waals surface area contributed by atoms with Crippen LogP contribution in [0.1, 0.15) is 29.5 Å². The molecule has 2 rings (SSSR count). The van der Waals surface area contributed by atoms with E-state index in [4.69, 9.17) is 10.2 Å². The average Bonchev–Trinajstić information content (AvgIpc) is 2.74. The first-order chi connectivity index (χ1) is 8.76. The predicted molar refractivity (Wildman–Crippen MR) is 75.6 cm³/mol. The summed E-state index contributed by atoms with van der Waals surface area (Å²) in [7, 11) is 0. The van der Waals surface area contributed by atoms with Crippen molar-refractivity contribution >= 4 is 11.3 Å². The van der Waals surface area contributed by atoms with Gasteiger partial charge in [0.2, 0.25) is 0 Å². The van der Waals surface area contributed by atoms with E-state index in [0.29, 0.717) is 6.42 Å². The molecule has 0 N–H and O–H groups in total. The molecule has 0 aliphatic carbocycles. The molecule has 0 saturated carbocycles. The summed E-state index contributed by atoms with van der Waals surface area (Å²) in [5, 5.41) is 9.92. The lowest BCUT2D eigenvalue weighted by Crippen LogP contribution is -1.89. The third kappa shape index (κ3) is 2.60. The van der Waals surface area contributed by atoms with Gasteiger partial charge in [-0.1, -0.05) is 37.6 Å². The summed E-state index contributed by atoms with van der Waals surface area (Å²) in [4.78, 5) is 5.84. The fourth-order valence-electron chi connectivity index (χ4n) is 1.95. The highest BCUT2D eigenvalue weighted by atomic mass is 32.1. The smallest absolute Gasteiger partial charge is 0.124 e. The third-order valence-electron chi connectivity index (χ3n) is 2.88. The van der Waals surface area contributed by atoms with Gasteiger partial charge in [-0.25, -0.2) is 4.98 Å². The molecule has 3 heteroatoms. The molecule has 0 aliphatic rings. The van der Waals surface area contributed by atoms with E-state index in [0.717, 1.165) is 28.4 Å². The van der Waals surface area contributed by atoms with Crippen molar-refractivity contribution in [1.82, 2.24) is 4.98 Å². The molecule has 2 aromatic rings. The first-order valence-corrected chi connectivity index (χ1v) is 6.99. The van der Waals surface area contributed by atoms with Gasteiger partial charge in [-0.3, -0.25) is 0 Å². The fourth-order valence-corrected chi connectivity index (χ4v) is 3.08. The topological polar surface area (TPSA) is 36.7 Å². The average molecular weight is 256 g/mol. The zero-order valence-electron chi connectivity index (χ0n) is 10.7. The zero-order chi connectivity index (χ0) is 13.0. The zero-order valence-corrected chi connectivity index (χ0v) is 11.5. The van der Waals surface area contributed by atoms with Crippen LogP contribution in [0.2, 0.25) is 0 Å². The molecule has 0 fully saturated rings. The van der Waals surface area contributed by atoms with Gasteiger partial charge < -0.3 is 0 Å². The summed E-state index contributed by atoms with van der Waals surface area (Å²) in [6.45, 7) is 4.24. The summed E-state index contributed by atoms with van der Waals surface area (Å²) in [5.74, 6) is 0. The highest BCUT2D eigenvalue weighted by molar-refractivity contribution is 7.15. The lowest BCUT2D eigenvalue weighted by molar-refractivity contribution is 0.881. The number of thiazole rings is 1. The minimum Gasteiger partial charge on any atom is -0.241 e. The Hall–Kier alpha value is -1.66. The van der Waals surface area contributed by atoms with Gasteiger partial charge in [-0.15, -0.1) is 11.3 Å². The largest absolute Gasteiger partial charge is 0.241 e. The molecule has 92 valence electrons. The van der Waals surface area contributed by atoms with Crippen LogP contribution in [0.15, 0.2) is 24.3 Å². The lowest BCUT2D eigenvalue weighted by Gasteiger charge is -2.00. The second kappa shape index (κ2) is 5.79. The minimum absolute atomic E-state index is 0.471. The molecule has 0 bridgehead atoms. The molecule has 1 aromatic heterocycles. The van der Waals surface area contributed by atoms with Crippen molar-refractivity contribution in [1.29, 1.82) is 5.26 Å². The fraction of sp³-hybridized carbons (Fsp3) is 0.333. The van der Waals surface area contributed by atoms with Crippen LogP contribution in [0.5, 0.6) is 0 Å². The van der Waals surface area contributed by atoms with E-state index in [1.54, 1.807) is 11.3 Å². The number of hydrogen-bond donors (Lipinski definition) is 0. The number of nitriles is 1. The van der Waals surface area contributed by atoms with Crippen molar-refractivity contribution < 1.29 is 0 Å². The minimum atomic E-state index is 0.471. The van der Waals surface area contributed by atoms with E-state index in [-0.39, 0.29) is 0 Å². The first kappa shape index (κ1) is 12.8. The Morgan fingerprint density at radius 1 is 1.33 bits per heavy atom. The van der Waals surface area contributed by atoms with Crippen molar-refractivity contribution in [3.05, 3.63) is 40.4 Å². The Balaban J connectivity index is 2.44. The van der Waals surface area contributed by atoms with Gasteiger partial charge in [0.15, 0.2) is 0 Å². The molecule has 0 radical (unpaired) electrons. The summed E-state index contributed by atoms with van der Waals surface area (Å²) >= 11 is 1.66. The highest BCUT2D eigenvalue weighted by Crippen LogP contribution is 2.31. The molecular formula is C15H16N2S. The van der Waals surface area contributed by atoms with Gasteiger partial charge in [-0.2, -0.15) is 5.26 Å². The lowest BCUT2D eigenvalue weighted by atomic mass is 10.1. The number of aryl methyl sites for hydroxylation is 2. The monoisotopic (exact) mass is 256 g/mol. The van der Waals surface area contributed by atoms with E-state index in [1.807, 2.05) is 12.1 Å². The summed E-state index contributed by atoms with van der Waals surface area (Å²) in [6, 6.07) is 10.5. The highest BCUT2D eigenvalue weighted by Gasteiger charge is 2.12. The maximum atomic E-state index is 8.88. The summed E-state index contributed by atoms with van der Waals surface area (Å²) in [6.07, 6.45) is 2.49. The summed E-state index contributed by atoms with van der Waals surface area (Å²) in [5.41, 5.74) is 3.52. The van der Waals surface area contributed by atoms with Crippen LogP contribution in [0, 0.1) is 18.3 Å². The Kier molecular flexibility index (Phi) is 4.11. The number of rotatable bonds is 4. The van der Waals surface area contributed by atoms with Crippen LogP contribution in [0.4, 0.5) is 0 Å². The second-order valence-corrected chi connectivity index (χ2v) is 5.37. The van der Waals surface area contributed by atoms with E-state index < -0.39 is 0 Å². The Morgan fingerprint density at radius 3 is 2.78 bits per heavy atom. The number of aromatic nitrogens is 1. The Labute approximate surface area is 112 Å². The molecule has 0 unspecified atom stereocenters. The predicted octanol–water partition coefficient (Wildman–Crippen LogP) is 4.14. The maximum absolute atomic E-state index is 8.88. The van der Waals surface area contributed by atoms with E-state index in [1.165, 1.54) is 11.1 Å². The normalized spacial score (nSPS) is 10.3. The summed E-state index contributed by atoms with van der Waals surface area (Å²) < 4.78 is 0. The van der Waals surface area contributed by atoms with E-state index in [9.17, 15) is 0 Å². The molecule has 0 atom stereocenters. The van der Waals surface area contributed by atoms with Crippen molar-refractivity contribution in [3.8, 4) is 16.6 Å². The first-order valence-electron chi connectivity index (χ1n) is 6.17. The molecule has 0 amide bonds. The molecule has 0 aliphatic heterocycles. The second-order valence-electron chi connectivity index (χ2n) is 4.29. The van der Waals surface area contributed by atoms with Crippen molar-refractivity contribution in [3.63, 3.8) is 0 Å². The Morgan fingerprint density at radius 2 is 2.11 bits per heavy atom. The Bertz CT molecular complexity index is 578. The van der Waals surface area contributed by atoms with Crippen molar-refractivity contribution in [2.24, 2.45) is 0 Å². The number of benzene rings is 1. The van der Waals surface area contributed by atoms with E-state index >= 15 is 0 Å². The van der Waals surface area contributed by atoms with Gasteiger partial charge in [0, 0.05) is 10.4 Å². The standard InChI is InChI=1S/C15H16N2S/c1-3-6-13-14(9-10-16)18-15(17-13)12-8-5-4-7-11(12)2/h4-5,7-8H,3,6,9H2,1-2H3. The molecule has 18 heavy (non-hydrogen) atoms. The van der Waals surface area contributed by atoms with Crippen LogP contribution in [-0.2, 0) is 12.8 Å². The van der Waals surface area contributed by atoms with Crippen LogP contribution >= 0.6 is 11.3 Å². The van der Waals surface area contributed by atoms with Gasteiger partial charge in [0.25, 0.3) is 0 Å². The molecular weight excluding hydrogens is 240 g/mol. The number of nitrogens with zero attached hydrogens (tertiary/aromatic N) is 2. The molecule has 2 nitrogen and oxygen atoms in total. The van der Waals surface area contributed by atoms with Crippen LogP contribution in [-0.4, -0.2) is 4.98 Å². The van der Waals surface area contributed by atoms with Crippen molar-refractivity contribution in [2.45, 2.75) is 33.1 Å². The quantitative estimate of drug-likeness (QED) is 0.824. The van der Waals surface area contributed by atoms with Gasteiger partial charge in [0.05, 0.1) is 18.2 Å². The van der Waals surface area contributed by atoms with Crippen LogP contribution in [0.25, 0.3) is 10.6 Å². The number of hydrogen-bond acceptors (Lipinski definition) is 3. The van der Waals surface area contributed by atoms with E-state index in [2.05, 4.69) is 32.0 Å². The van der Waals surface area contributed by atoms with Crippen LogP contribution < -0.4 is 0 Å². The molecule has 1 aromatic carbocycles. The molecule has 0 saturated heterocycles. The van der Waals surface area contributed by atoms with Gasteiger partial charge >= 0.3 is 0 Å². The SMILES string of the molecule is CCCc1nc(-c2ccccc2C)sc1CC#N. The third-order valence-corrected chi connectivity index (χ3v) is 4.01. The van der Waals surface area contributed by atoms with Crippen LogP contribution in [0.3, 0.4) is 0 Å². The molecule has 1 heterocycles. The van der Waals surface area contributed by atoms with Crippen molar-refractivity contribution in [2.75, 3.05) is 0 Å².